The molecule has 8 heteroatoms. The normalized spacial score (nSPS) is 17.1. The third kappa shape index (κ3) is 3.28. The first-order valence-corrected chi connectivity index (χ1v) is 8.35. The molecular formula is C14H18N2O5S. The van der Waals surface area contributed by atoms with Gasteiger partial charge in [-0.25, -0.2) is 8.42 Å². The summed E-state index contributed by atoms with van der Waals surface area (Å²) < 4.78 is 26.3. The van der Waals surface area contributed by atoms with E-state index in [-0.39, 0.29) is 23.9 Å². The highest BCUT2D eigenvalue weighted by atomic mass is 32.2. The lowest BCUT2D eigenvalue weighted by Gasteiger charge is -2.29. The van der Waals surface area contributed by atoms with Crippen LogP contribution in [0.3, 0.4) is 0 Å². The molecule has 1 amide bonds. The Kier molecular flexibility index (Phi) is 4.82. The van der Waals surface area contributed by atoms with Crippen molar-refractivity contribution in [3.63, 3.8) is 0 Å². The van der Waals surface area contributed by atoms with E-state index in [2.05, 4.69) is 5.32 Å². The molecule has 1 aliphatic rings. The molecule has 120 valence electrons. The minimum atomic E-state index is -3.65. The Morgan fingerprint density at radius 3 is 2.18 bits per heavy atom. The van der Waals surface area contributed by atoms with E-state index in [1.165, 1.54) is 35.6 Å². The Labute approximate surface area is 129 Å². The summed E-state index contributed by atoms with van der Waals surface area (Å²) in [6.07, 6.45) is 0.621. The van der Waals surface area contributed by atoms with Crippen molar-refractivity contribution in [2.75, 3.05) is 20.1 Å². The van der Waals surface area contributed by atoms with E-state index in [0.717, 1.165) is 0 Å². The van der Waals surface area contributed by atoms with E-state index < -0.39 is 21.9 Å². The number of carboxylic acids is 1. The fourth-order valence-corrected chi connectivity index (χ4v) is 3.88. The van der Waals surface area contributed by atoms with Gasteiger partial charge in [0.05, 0.1) is 10.8 Å². The Hall–Kier alpha value is -1.93. The number of piperidine rings is 1. The lowest BCUT2D eigenvalue weighted by Crippen LogP contribution is -2.40. The molecule has 2 rings (SSSR count). The Bertz CT molecular complexity index is 661. The number of hydrogen-bond donors (Lipinski definition) is 2. The van der Waals surface area contributed by atoms with E-state index >= 15 is 0 Å². The number of nitrogens with one attached hydrogen (secondary N) is 1. The van der Waals surface area contributed by atoms with Crippen LogP contribution in [0.2, 0.25) is 0 Å². The summed E-state index contributed by atoms with van der Waals surface area (Å²) >= 11 is 0. The number of carbonyl (C=O) groups excluding carboxylic acids is 1. The highest BCUT2D eigenvalue weighted by Crippen LogP contribution is 2.24. The minimum absolute atomic E-state index is 0.105. The molecule has 1 saturated heterocycles. The molecule has 1 aromatic rings. The zero-order chi connectivity index (χ0) is 16.3. The second kappa shape index (κ2) is 6.45. The van der Waals surface area contributed by atoms with Gasteiger partial charge in [0.1, 0.15) is 0 Å². The fraction of sp³-hybridized carbons (Fsp3) is 0.429. The molecule has 22 heavy (non-hydrogen) atoms. The second-order valence-electron chi connectivity index (χ2n) is 5.12. The number of carboxylic acid groups (broad SMARTS) is 1. The number of aliphatic carboxylic acids is 1. The summed E-state index contributed by atoms with van der Waals surface area (Å²) in [5.41, 5.74) is 0.381. The number of rotatable bonds is 4. The number of hydrogen-bond acceptors (Lipinski definition) is 4. The van der Waals surface area contributed by atoms with Crippen LogP contribution in [0.4, 0.5) is 0 Å². The van der Waals surface area contributed by atoms with Gasteiger partial charge in [0.15, 0.2) is 0 Å². The first-order chi connectivity index (χ1) is 10.4. The molecule has 2 N–H and O–H groups in total. The molecule has 1 aliphatic heterocycles. The smallest absolute Gasteiger partial charge is 0.306 e. The molecule has 0 unspecified atom stereocenters. The van der Waals surface area contributed by atoms with Crippen molar-refractivity contribution in [3.05, 3.63) is 29.8 Å². The second-order valence-corrected chi connectivity index (χ2v) is 7.06. The Morgan fingerprint density at radius 1 is 1.18 bits per heavy atom. The van der Waals surface area contributed by atoms with Crippen LogP contribution in [0.25, 0.3) is 0 Å². The van der Waals surface area contributed by atoms with Crippen LogP contribution < -0.4 is 5.32 Å². The average molecular weight is 326 g/mol. The number of nitrogens with zero attached hydrogens (tertiary/aromatic N) is 1. The number of sulfonamides is 1. The van der Waals surface area contributed by atoms with Gasteiger partial charge in [0.25, 0.3) is 5.91 Å². The summed E-state index contributed by atoms with van der Waals surface area (Å²) in [5, 5.41) is 11.4. The molecule has 1 heterocycles. The van der Waals surface area contributed by atoms with Gasteiger partial charge < -0.3 is 10.4 Å². The molecule has 0 aliphatic carbocycles. The van der Waals surface area contributed by atoms with Crippen LogP contribution in [-0.2, 0) is 14.8 Å². The summed E-state index contributed by atoms with van der Waals surface area (Å²) in [5.74, 6) is -1.65. The van der Waals surface area contributed by atoms with Gasteiger partial charge in [0, 0.05) is 25.7 Å². The van der Waals surface area contributed by atoms with E-state index in [0.29, 0.717) is 18.4 Å². The lowest BCUT2D eigenvalue weighted by molar-refractivity contribution is -0.142. The molecule has 0 saturated carbocycles. The summed E-state index contributed by atoms with van der Waals surface area (Å²) in [6.45, 7) is 0.382. The van der Waals surface area contributed by atoms with Crippen LogP contribution in [0.1, 0.15) is 23.2 Å². The number of amides is 1. The fourth-order valence-electron chi connectivity index (χ4n) is 2.41. The van der Waals surface area contributed by atoms with Crippen molar-refractivity contribution >= 4 is 21.9 Å². The highest BCUT2D eigenvalue weighted by molar-refractivity contribution is 7.89. The van der Waals surface area contributed by atoms with Crippen molar-refractivity contribution in [2.45, 2.75) is 17.7 Å². The van der Waals surface area contributed by atoms with Crippen molar-refractivity contribution < 1.29 is 23.1 Å². The zero-order valence-electron chi connectivity index (χ0n) is 12.2. The van der Waals surface area contributed by atoms with Crippen molar-refractivity contribution in [1.29, 1.82) is 0 Å². The van der Waals surface area contributed by atoms with Gasteiger partial charge in [-0.2, -0.15) is 4.31 Å². The zero-order valence-corrected chi connectivity index (χ0v) is 13.0. The van der Waals surface area contributed by atoms with Gasteiger partial charge in [-0.3, -0.25) is 9.59 Å². The van der Waals surface area contributed by atoms with Crippen LogP contribution in [0.15, 0.2) is 29.2 Å². The van der Waals surface area contributed by atoms with E-state index in [1.807, 2.05) is 0 Å². The quantitative estimate of drug-likeness (QED) is 0.840. The minimum Gasteiger partial charge on any atom is -0.481 e. The maximum atomic E-state index is 12.5. The average Bonchev–Trinajstić information content (AvgIpc) is 2.54. The molecule has 0 radical (unpaired) electrons. The molecule has 7 nitrogen and oxygen atoms in total. The Morgan fingerprint density at radius 2 is 1.73 bits per heavy atom. The van der Waals surface area contributed by atoms with Crippen LogP contribution in [0.5, 0.6) is 0 Å². The predicted octanol–water partition coefficient (Wildman–Crippen LogP) is 0.532. The molecule has 1 fully saturated rings. The third-order valence-electron chi connectivity index (χ3n) is 3.78. The van der Waals surface area contributed by atoms with Crippen LogP contribution >= 0.6 is 0 Å². The first kappa shape index (κ1) is 16.4. The third-order valence-corrected chi connectivity index (χ3v) is 5.70. The lowest BCUT2D eigenvalue weighted by atomic mass is 9.99. The van der Waals surface area contributed by atoms with Gasteiger partial charge >= 0.3 is 5.97 Å². The summed E-state index contributed by atoms with van der Waals surface area (Å²) in [6, 6.07) is 5.69. The van der Waals surface area contributed by atoms with Gasteiger partial charge in [-0.05, 0) is 37.1 Å². The summed E-state index contributed by atoms with van der Waals surface area (Å²) in [4.78, 5) is 22.5. The number of benzene rings is 1. The summed E-state index contributed by atoms with van der Waals surface area (Å²) in [7, 11) is -2.15. The maximum Gasteiger partial charge on any atom is 0.306 e. The number of carbonyl (C=O) groups is 2. The Balaban J connectivity index is 2.14. The first-order valence-electron chi connectivity index (χ1n) is 6.91. The van der Waals surface area contributed by atoms with Crippen LogP contribution in [0, 0.1) is 5.92 Å². The van der Waals surface area contributed by atoms with E-state index in [1.54, 1.807) is 0 Å². The monoisotopic (exact) mass is 326 g/mol. The largest absolute Gasteiger partial charge is 0.481 e. The van der Waals surface area contributed by atoms with E-state index in [4.69, 9.17) is 5.11 Å². The van der Waals surface area contributed by atoms with Gasteiger partial charge in [-0.1, -0.05) is 0 Å². The molecule has 1 aromatic carbocycles. The van der Waals surface area contributed by atoms with Crippen molar-refractivity contribution in [1.82, 2.24) is 9.62 Å². The van der Waals surface area contributed by atoms with Crippen LogP contribution in [-0.4, -0.2) is 49.8 Å². The SMILES string of the molecule is CNC(=O)c1ccc(S(=O)(=O)N2CCC(C(=O)O)CC2)cc1. The molecule has 0 aromatic heterocycles. The van der Waals surface area contributed by atoms with Crippen molar-refractivity contribution in [2.24, 2.45) is 5.92 Å². The molecule has 0 atom stereocenters. The molecular weight excluding hydrogens is 308 g/mol. The predicted molar refractivity (Wildman–Crippen MR) is 79.0 cm³/mol. The van der Waals surface area contributed by atoms with E-state index in [9.17, 15) is 18.0 Å². The standard InChI is InChI=1S/C14H18N2O5S/c1-15-13(17)10-2-4-12(5-3-10)22(20,21)16-8-6-11(7-9-16)14(18)19/h2-5,11H,6-9H2,1H3,(H,15,17)(H,18,19). The highest BCUT2D eigenvalue weighted by Gasteiger charge is 2.31. The van der Waals surface area contributed by atoms with Crippen molar-refractivity contribution in [3.8, 4) is 0 Å². The van der Waals surface area contributed by atoms with Gasteiger partial charge in [0.2, 0.25) is 10.0 Å². The molecule has 0 spiro atoms. The maximum absolute atomic E-state index is 12.5. The topological polar surface area (TPSA) is 104 Å². The van der Waals surface area contributed by atoms with Gasteiger partial charge in [-0.15, -0.1) is 0 Å². The molecule has 0 bridgehead atoms.